The minimum Gasteiger partial charge on any atom is -0.398 e. The first-order valence-electron chi connectivity index (χ1n) is 5.66. The number of rotatable bonds is 3. The maximum Gasteiger partial charge on any atom is 0.162 e. The van der Waals surface area contributed by atoms with Crippen LogP contribution in [0.3, 0.4) is 0 Å². The second-order valence-corrected chi connectivity index (χ2v) is 5.66. The van der Waals surface area contributed by atoms with Crippen LogP contribution in [0.4, 0.5) is 14.5 Å². The summed E-state index contributed by atoms with van der Waals surface area (Å²) in [6, 6.07) is 9.00. The van der Waals surface area contributed by atoms with Crippen molar-refractivity contribution >= 4 is 16.5 Å². The van der Waals surface area contributed by atoms with Gasteiger partial charge in [0.25, 0.3) is 0 Å². The number of halogens is 2. The molecule has 2 nitrogen and oxygen atoms in total. The monoisotopic (exact) mass is 281 g/mol. The average Bonchev–Trinajstić information content (AvgIpc) is 2.38. The molecule has 2 N–H and O–H groups in total. The van der Waals surface area contributed by atoms with E-state index in [0.29, 0.717) is 10.6 Å². The molecule has 1 unspecified atom stereocenters. The topological polar surface area (TPSA) is 43.1 Å². The van der Waals surface area contributed by atoms with E-state index in [1.165, 1.54) is 12.1 Å². The Morgan fingerprint density at radius 2 is 1.95 bits per heavy atom. The van der Waals surface area contributed by atoms with Gasteiger partial charge in [0.15, 0.2) is 11.6 Å². The largest absolute Gasteiger partial charge is 0.398 e. The van der Waals surface area contributed by atoms with Gasteiger partial charge in [-0.2, -0.15) is 0 Å². The molecule has 2 aromatic carbocycles. The van der Waals surface area contributed by atoms with Gasteiger partial charge in [0.1, 0.15) is 0 Å². The molecule has 100 valence electrons. The van der Waals surface area contributed by atoms with Crippen molar-refractivity contribution in [1.29, 1.82) is 0 Å². The highest BCUT2D eigenvalue weighted by Gasteiger charge is 2.14. The normalized spacial score (nSPS) is 12.4. The van der Waals surface area contributed by atoms with Crippen LogP contribution in [0.15, 0.2) is 41.3 Å². The fraction of sp³-hybridized carbons (Fsp3) is 0.143. The quantitative estimate of drug-likeness (QED) is 0.878. The van der Waals surface area contributed by atoms with Crippen molar-refractivity contribution in [2.45, 2.75) is 17.6 Å². The lowest BCUT2D eigenvalue weighted by Gasteiger charge is -2.08. The third kappa shape index (κ3) is 2.98. The summed E-state index contributed by atoms with van der Waals surface area (Å²) in [5, 5.41) is 0. The first-order chi connectivity index (χ1) is 8.99. The van der Waals surface area contributed by atoms with Crippen LogP contribution in [-0.4, -0.2) is 4.21 Å². The van der Waals surface area contributed by atoms with Crippen LogP contribution < -0.4 is 5.73 Å². The van der Waals surface area contributed by atoms with E-state index in [9.17, 15) is 13.0 Å². The Bertz CT molecular complexity index is 643. The van der Waals surface area contributed by atoms with E-state index in [1.54, 1.807) is 18.2 Å². The molecule has 0 aliphatic heterocycles. The van der Waals surface area contributed by atoms with Crippen LogP contribution in [0.25, 0.3) is 0 Å². The van der Waals surface area contributed by atoms with Gasteiger partial charge in [-0.15, -0.1) is 0 Å². The first-order valence-corrected chi connectivity index (χ1v) is 6.98. The number of benzene rings is 2. The van der Waals surface area contributed by atoms with Crippen molar-refractivity contribution in [1.82, 2.24) is 0 Å². The number of hydrogen-bond donors (Lipinski definition) is 1. The van der Waals surface area contributed by atoms with Crippen molar-refractivity contribution in [3.8, 4) is 0 Å². The maximum absolute atomic E-state index is 13.5. The molecule has 5 heteroatoms. The molecule has 0 amide bonds. The molecular weight excluding hydrogens is 268 g/mol. The summed E-state index contributed by atoms with van der Waals surface area (Å²) in [5.74, 6) is -1.99. The van der Waals surface area contributed by atoms with Crippen molar-refractivity contribution in [2.24, 2.45) is 0 Å². The SMILES string of the molecule is Cc1ccc(N)c(S(=O)Cc2cccc(F)c2F)c1. The lowest BCUT2D eigenvalue weighted by atomic mass is 10.2. The van der Waals surface area contributed by atoms with E-state index in [0.717, 1.165) is 11.6 Å². The summed E-state index contributed by atoms with van der Waals surface area (Å²) in [4.78, 5) is 0.448. The van der Waals surface area contributed by atoms with E-state index in [2.05, 4.69) is 0 Å². The van der Waals surface area contributed by atoms with Crippen LogP contribution in [-0.2, 0) is 16.6 Å². The molecule has 2 aromatic rings. The van der Waals surface area contributed by atoms with Crippen molar-refractivity contribution in [3.63, 3.8) is 0 Å². The molecule has 0 radical (unpaired) electrons. The second kappa shape index (κ2) is 5.48. The van der Waals surface area contributed by atoms with E-state index in [4.69, 9.17) is 5.73 Å². The lowest BCUT2D eigenvalue weighted by molar-refractivity contribution is 0.502. The smallest absolute Gasteiger partial charge is 0.162 e. The fourth-order valence-electron chi connectivity index (χ4n) is 1.72. The Morgan fingerprint density at radius 1 is 1.21 bits per heavy atom. The van der Waals surface area contributed by atoms with Crippen LogP contribution in [0, 0.1) is 18.6 Å². The second-order valence-electron chi connectivity index (χ2n) is 4.24. The zero-order valence-corrected chi connectivity index (χ0v) is 11.1. The number of hydrogen-bond acceptors (Lipinski definition) is 2. The molecule has 19 heavy (non-hydrogen) atoms. The standard InChI is InChI=1S/C14H13F2NOS/c1-9-5-6-12(17)13(7-9)19(18)8-10-3-2-4-11(15)14(10)16/h2-7H,8,17H2,1H3. The minimum atomic E-state index is -1.51. The number of nitrogens with two attached hydrogens (primary N) is 1. The van der Waals surface area contributed by atoms with Gasteiger partial charge in [-0.1, -0.05) is 18.2 Å². The van der Waals surface area contributed by atoms with Gasteiger partial charge in [-0.25, -0.2) is 8.78 Å². The van der Waals surface area contributed by atoms with Gasteiger partial charge >= 0.3 is 0 Å². The Morgan fingerprint density at radius 3 is 2.68 bits per heavy atom. The summed E-state index contributed by atoms with van der Waals surface area (Å²) >= 11 is 0. The minimum absolute atomic E-state index is 0.0826. The van der Waals surface area contributed by atoms with Gasteiger partial charge in [0.05, 0.1) is 21.4 Å². The molecule has 1 atom stereocenters. The Hall–Kier alpha value is -1.75. The average molecular weight is 281 g/mol. The Kier molecular flexibility index (Phi) is 3.95. The van der Waals surface area contributed by atoms with Gasteiger partial charge in [-0.3, -0.25) is 4.21 Å². The van der Waals surface area contributed by atoms with Gasteiger partial charge < -0.3 is 5.73 Å². The number of anilines is 1. The zero-order valence-electron chi connectivity index (χ0n) is 10.3. The molecule has 0 heterocycles. The summed E-state index contributed by atoms with van der Waals surface area (Å²) < 4.78 is 38.8. The van der Waals surface area contributed by atoms with Gasteiger partial charge in [0.2, 0.25) is 0 Å². The Labute approximate surface area is 112 Å². The first kappa shape index (κ1) is 13.7. The predicted octanol–water partition coefficient (Wildman–Crippen LogP) is 3.16. The summed E-state index contributed by atoms with van der Waals surface area (Å²) in [5.41, 5.74) is 7.14. The molecule has 0 aliphatic carbocycles. The lowest BCUT2D eigenvalue weighted by Crippen LogP contribution is -2.03. The van der Waals surface area contributed by atoms with E-state index < -0.39 is 22.4 Å². The number of aryl methyl sites for hydroxylation is 1. The molecule has 0 fully saturated rings. The zero-order chi connectivity index (χ0) is 14.0. The van der Waals surface area contributed by atoms with Crippen LogP contribution in [0.5, 0.6) is 0 Å². The number of nitrogen functional groups attached to an aromatic ring is 1. The molecule has 0 bridgehead atoms. The van der Waals surface area contributed by atoms with E-state index in [1.807, 2.05) is 6.92 Å². The fourth-order valence-corrected chi connectivity index (χ4v) is 3.03. The highest BCUT2D eigenvalue weighted by atomic mass is 32.2. The van der Waals surface area contributed by atoms with Gasteiger partial charge in [0, 0.05) is 11.3 Å². The molecule has 0 aliphatic rings. The summed E-state index contributed by atoms with van der Waals surface area (Å²) in [6.07, 6.45) is 0. The highest BCUT2D eigenvalue weighted by Crippen LogP contribution is 2.22. The van der Waals surface area contributed by atoms with Crippen LogP contribution in [0.1, 0.15) is 11.1 Å². The van der Waals surface area contributed by atoms with Gasteiger partial charge in [-0.05, 0) is 30.7 Å². The van der Waals surface area contributed by atoms with Crippen molar-refractivity contribution in [3.05, 3.63) is 59.2 Å². The van der Waals surface area contributed by atoms with Crippen molar-refractivity contribution in [2.75, 3.05) is 5.73 Å². The Balaban J connectivity index is 2.31. The summed E-state index contributed by atoms with van der Waals surface area (Å²) in [7, 11) is -1.51. The molecule has 0 spiro atoms. The summed E-state index contributed by atoms with van der Waals surface area (Å²) in [6.45, 7) is 1.85. The molecule has 2 rings (SSSR count). The third-order valence-corrected chi connectivity index (χ3v) is 4.15. The van der Waals surface area contributed by atoms with Crippen molar-refractivity contribution < 1.29 is 13.0 Å². The predicted molar refractivity (Wildman–Crippen MR) is 72.1 cm³/mol. The maximum atomic E-state index is 13.5. The van der Waals surface area contributed by atoms with Crippen LogP contribution in [0.2, 0.25) is 0 Å². The molecule has 0 aromatic heterocycles. The van der Waals surface area contributed by atoms with E-state index >= 15 is 0 Å². The molecule has 0 saturated heterocycles. The third-order valence-electron chi connectivity index (χ3n) is 2.73. The van der Waals surface area contributed by atoms with Crippen LogP contribution >= 0.6 is 0 Å². The molecule has 0 saturated carbocycles. The molecular formula is C14H13F2NOS. The highest BCUT2D eigenvalue weighted by molar-refractivity contribution is 7.84. The van der Waals surface area contributed by atoms with E-state index in [-0.39, 0.29) is 11.3 Å².